The van der Waals surface area contributed by atoms with Gasteiger partial charge in [0, 0.05) is 22.2 Å². The number of rotatable bonds is 8. The Morgan fingerprint density at radius 2 is 1.76 bits per heavy atom. The zero-order valence-corrected chi connectivity index (χ0v) is 21.7. The number of ether oxygens (including phenoxy) is 1. The lowest BCUT2D eigenvalue weighted by Gasteiger charge is -2.16. The highest BCUT2D eigenvalue weighted by Crippen LogP contribution is 2.31. The summed E-state index contributed by atoms with van der Waals surface area (Å²) in [6.07, 6.45) is 0. The van der Waals surface area contributed by atoms with Crippen molar-refractivity contribution in [3.05, 3.63) is 101 Å². The number of halogens is 1. The van der Waals surface area contributed by atoms with Gasteiger partial charge in [-0.15, -0.1) is 11.3 Å². The van der Waals surface area contributed by atoms with Crippen LogP contribution in [0.2, 0.25) is 0 Å². The molecule has 38 heavy (non-hydrogen) atoms. The van der Waals surface area contributed by atoms with Crippen molar-refractivity contribution in [2.24, 2.45) is 0 Å². The first-order valence-electron chi connectivity index (χ1n) is 11.7. The van der Waals surface area contributed by atoms with Gasteiger partial charge < -0.3 is 10.1 Å². The van der Waals surface area contributed by atoms with Crippen LogP contribution in [0.5, 0.6) is 5.75 Å². The third-order valence-corrected chi connectivity index (χ3v) is 6.73. The van der Waals surface area contributed by atoms with Gasteiger partial charge in [-0.05, 0) is 49.4 Å². The Balaban J connectivity index is 1.29. The summed E-state index contributed by atoms with van der Waals surface area (Å²) in [6.45, 7) is 2.36. The van der Waals surface area contributed by atoms with E-state index in [2.05, 4.69) is 15.6 Å². The van der Waals surface area contributed by atoms with E-state index >= 15 is 0 Å². The molecule has 190 valence electrons. The van der Waals surface area contributed by atoms with Crippen LogP contribution in [0.15, 0.2) is 95.0 Å². The third kappa shape index (κ3) is 5.15. The molecule has 0 atom stereocenters. The molecule has 5 rings (SSSR count). The van der Waals surface area contributed by atoms with Gasteiger partial charge in [-0.25, -0.2) is 9.88 Å². The van der Waals surface area contributed by atoms with Crippen LogP contribution in [0.3, 0.4) is 0 Å². The average Bonchev–Trinajstić information content (AvgIpc) is 3.48. The molecule has 0 aliphatic carbocycles. The average molecular weight is 545 g/mol. The monoisotopic (exact) mass is 544 g/mol. The molecule has 0 saturated heterocycles. The van der Waals surface area contributed by atoms with Crippen LogP contribution in [-0.4, -0.2) is 29.3 Å². The van der Waals surface area contributed by atoms with E-state index in [0.29, 0.717) is 34.4 Å². The number of hydrogen-bond donors (Lipinski definition) is 2. The number of nitrogens with one attached hydrogen (secondary N) is 2. The summed E-state index contributed by atoms with van der Waals surface area (Å²) in [6, 6.07) is 22.8. The summed E-state index contributed by atoms with van der Waals surface area (Å²) in [5.74, 6) is -0.991. The maximum atomic E-state index is 13.1. The number of hydrogen-bond acceptors (Lipinski definition) is 7. The highest BCUT2D eigenvalue weighted by molar-refractivity contribution is 7.14. The number of imide groups is 1. The van der Waals surface area contributed by atoms with Crippen LogP contribution in [-0.2, 0) is 9.59 Å². The molecule has 10 heteroatoms. The van der Waals surface area contributed by atoms with Gasteiger partial charge in [0.15, 0.2) is 5.13 Å². The van der Waals surface area contributed by atoms with Crippen molar-refractivity contribution in [2.75, 3.05) is 22.1 Å². The van der Waals surface area contributed by atoms with E-state index in [1.54, 1.807) is 48.5 Å². The Hall–Kier alpha value is -4.47. The van der Waals surface area contributed by atoms with Crippen LogP contribution in [0.1, 0.15) is 17.3 Å². The van der Waals surface area contributed by atoms with Crippen molar-refractivity contribution >= 4 is 57.2 Å². The molecule has 2 N–H and O–H groups in total. The van der Waals surface area contributed by atoms with Crippen molar-refractivity contribution < 1.29 is 19.1 Å². The standard InChI is InChI=1S/C28H21ClN4O4S/c1-2-37-21-13-11-20(12-14-21)33-26(35)23(29)24(27(33)36)30-19-10-6-9-18(15-19)25(34)32-28-31-22(16-38-28)17-7-4-3-5-8-17/h3-16,30H,2H2,1H3,(H,31,32,34). The van der Waals surface area contributed by atoms with E-state index in [-0.39, 0.29) is 16.6 Å². The molecule has 1 aromatic heterocycles. The fourth-order valence-electron chi connectivity index (χ4n) is 3.83. The number of nitrogens with zero attached hydrogens (tertiary/aromatic N) is 2. The Morgan fingerprint density at radius 3 is 2.50 bits per heavy atom. The van der Waals surface area contributed by atoms with Crippen LogP contribution >= 0.6 is 22.9 Å². The molecular weight excluding hydrogens is 524 g/mol. The molecule has 0 fully saturated rings. The van der Waals surface area contributed by atoms with Crippen LogP contribution < -0.4 is 20.3 Å². The number of aromatic nitrogens is 1. The van der Waals surface area contributed by atoms with Crippen LogP contribution in [0.4, 0.5) is 16.5 Å². The topological polar surface area (TPSA) is 101 Å². The smallest absolute Gasteiger partial charge is 0.283 e. The number of carbonyl (C=O) groups excluding carboxylic acids is 3. The Bertz CT molecular complexity index is 1550. The Kier molecular flexibility index (Phi) is 7.21. The zero-order chi connectivity index (χ0) is 26.6. The van der Waals surface area contributed by atoms with E-state index < -0.39 is 11.8 Å². The third-order valence-electron chi connectivity index (χ3n) is 5.62. The normalized spacial score (nSPS) is 13.2. The number of amides is 3. The maximum absolute atomic E-state index is 13.1. The van der Waals surface area contributed by atoms with Crippen LogP contribution in [0.25, 0.3) is 11.3 Å². The molecule has 0 unspecified atom stereocenters. The first kappa shape index (κ1) is 25.2. The molecule has 8 nitrogen and oxygen atoms in total. The second kappa shape index (κ2) is 10.9. The van der Waals surface area contributed by atoms with Gasteiger partial charge in [-0.3, -0.25) is 19.7 Å². The predicted octanol–water partition coefficient (Wildman–Crippen LogP) is 5.90. The molecule has 0 bridgehead atoms. The summed E-state index contributed by atoms with van der Waals surface area (Å²) in [5, 5.41) is 7.79. The first-order chi connectivity index (χ1) is 18.4. The summed E-state index contributed by atoms with van der Waals surface area (Å²) in [4.78, 5) is 44.3. The minimum atomic E-state index is -0.643. The summed E-state index contributed by atoms with van der Waals surface area (Å²) >= 11 is 7.58. The predicted molar refractivity (Wildman–Crippen MR) is 149 cm³/mol. The Morgan fingerprint density at radius 1 is 1.00 bits per heavy atom. The van der Waals surface area contributed by atoms with Crippen molar-refractivity contribution in [3.8, 4) is 17.0 Å². The van der Waals surface area contributed by atoms with Crippen molar-refractivity contribution in [1.82, 2.24) is 4.98 Å². The zero-order valence-electron chi connectivity index (χ0n) is 20.1. The van der Waals surface area contributed by atoms with Gasteiger partial charge in [0.05, 0.1) is 18.0 Å². The lowest BCUT2D eigenvalue weighted by Crippen LogP contribution is -2.32. The minimum Gasteiger partial charge on any atom is -0.494 e. The van der Waals surface area contributed by atoms with Gasteiger partial charge >= 0.3 is 0 Å². The van der Waals surface area contributed by atoms with Crippen LogP contribution in [0, 0.1) is 0 Å². The van der Waals surface area contributed by atoms with Gasteiger partial charge in [0.25, 0.3) is 17.7 Å². The highest BCUT2D eigenvalue weighted by atomic mass is 35.5. The fraction of sp³-hybridized carbons (Fsp3) is 0.0714. The molecule has 0 spiro atoms. The number of benzene rings is 3. The summed E-state index contributed by atoms with van der Waals surface area (Å²) in [5.41, 5.74) is 2.77. The number of thiazole rings is 1. The van der Waals surface area contributed by atoms with Gasteiger partial charge in [-0.1, -0.05) is 48.0 Å². The van der Waals surface area contributed by atoms with E-state index in [0.717, 1.165) is 16.2 Å². The first-order valence-corrected chi connectivity index (χ1v) is 12.9. The molecule has 2 heterocycles. The minimum absolute atomic E-state index is 0.0736. The molecule has 0 radical (unpaired) electrons. The maximum Gasteiger partial charge on any atom is 0.283 e. The van der Waals surface area contributed by atoms with E-state index in [9.17, 15) is 14.4 Å². The molecule has 4 aromatic rings. The van der Waals surface area contributed by atoms with Crippen molar-refractivity contribution in [1.29, 1.82) is 0 Å². The molecule has 0 saturated carbocycles. The highest BCUT2D eigenvalue weighted by Gasteiger charge is 2.39. The molecule has 1 aliphatic heterocycles. The second-order valence-electron chi connectivity index (χ2n) is 8.13. The second-order valence-corrected chi connectivity index (χ2v) is 9.36. The SMILES string of the molecule is CCOc1ccc(N2C(=O)C(Cl)=C(Nc3cccc(C(=O)Nc4nc(-c5ccccc5)cs4)c3)C2=O)cc1. The summed E-state index contributed by atoms with van der Waals surface area (Å²) in [7, 11) is 0. The van der Waals surface area contributed by atoms with Crippen molar-refractivity contribution in [3.63, 3.8) is 0 Å². The Labute approximate surface area is 227 Å². The molecule has 1 aliphatic rings. The quantitative estimate of drug-likeness (QED) is 0.268. The van der Waals surface area contributed by atoms with Gasteiger partial charge in [0.1, 0.15) is 16.5 Å². The number of carbonyl (C=O) groups is 3. The van der Waals surface area contributed by atoms with Crippen molar-refractivity contribution in [2.45, 2.75) is 6.92 Å². The van der Waals surface area contributed by atoms with E-state index in [4.69, 9.17) is 16.3 Å². The van der Waals surface area contributed by atoms with Gasteiger partial charge in [-0.2, -0.15) is 0 Å². The summed E-state index contributed by atoms with van der Waals surface area (Å²) < 4.78 is 5.41. The molecular formula is C28H21ClN4O4S. The van der Waals surface area contributed by atoms with Gasteiger partial charge in [0.2, 0.25) is 0 Å². The lowest BCUT2D eigenvalue weighted by molar-refractivity contribution is -0.120. The van der Waals surface area contributed by atoms with E-state index in [1.807, 2.05) is 42.6 Å². The fourth-order valence-corrected chi connectivity index (χ4v) is 4.76. The lowest BCUT2D eigenvalue weighted by atomic mass is 10.2. The molecule has 3 aromatic carbocycles. The molecule has 3 amide bonds. The largest absolute Gasteiger partial charge is 0.494 e. The number of anilines is 3. The van der Waals surface area contributed by atoms with E-state index in [1.165, 1.54) is 11.3 Å².